The topological polar surface area (TPSA) is 46.2 Å². The molecule has 9 heavy (non-hydrogen) atoms. The van der Waals surface area contributed by atoms with Gasteiger partial charge in [-0.15, -0.1) is 0 Å². The Bertz CT molecular complexity index is 110. The summed E-state index contributed by atoms with van der Waals surface area (Å²) in [6.45, 7) is 1.70. The van der Waals surface area contributed by atoms with Gasteiger partial charge < -0.3 is 5.32 Å². The molecule has 0 fully saturated rings. The lowest BCUT2D eigenvalue weighted by molar-refractivity contribution is -0.116. The zero-order chi connectivity index (χ0) is 7.28. The molecule has 0 saturated heterocycles. The second kappa shape index (κ2) is 4.47. The van der Waals surface area contributed by atoms with Crippen molar-refractivity contribution >= 4 is 22.6 Å². The lowest BCUT2D eigenvalue weighted by Gasteiger charge is -1.93. The normalized spacial score (nSPS) is 9.11. The number of carbonyl (C=O) groups excluding carboxylic acids is 2. The standard InChI is InChI=1S/C5H8ClNO2/c1-4(8)2-7-3-5(6)9/h7H,2-3H2,1H3. The van der Waals surface area contributed by atoms with Crippen LogP contribution in [0.4, 0.5) is 0 Å². The molecule has 0 amide bonds. The van der Waals surface area contributed by atoms with Crippen LogP contribution in [0.1, 0.15) is 6.92 Å². The fraction of sp³-hybridized carbons (Fsp3) is 0.600. The fourth-order valence-electron chi connectivity index (χ4n) is 0.337. The number of Topliss-reactive ketones (excluding diaryl/α,β-unsaturated/α-hetero) is 1. The van der Waals surface area contributed by atoms with Crippen molar-refractivity contribution in [2.24, 2.45) is 0 Å². The van der Waals surface area contributed by atoms with Crippen molar-refractivity contribution in [2.75, 3.05) is 13.1 Å². The largest absolute Gasteiger partial charge is 0.302 e. The van der Waals surface area contributed by atoms with Gasteiger partial charge in [-0.3, -0.25) is 9.59 Å². The molecule has 0 bridgehead atoms. The molecule has 0 atom stereocenters. The molecule has 0 spiro atoms. The molecule has 1 N–H and O–H groups in total. The minimum Gasteiger partial charge on any atom is -0.302 e. The minimum atomic E-state index is -0.476. The highest BCUT2D eigenvalue weighted by Gasteiger charge is 1.95. The third-order valence-electron chi connectivity index (χ3n) is 0.638. The van der Waals surface area contributed by atoms with Crippen LogP contribution in [0.2, 0.25) is 0 Å². The average Bonchev–Trinajstić information content (AvgIpc) is 1.63. The van der Waals surface area contributed by atoms with Crippen molar-refractivity contribution < 1.29 is 9.59 Å². The number of carbonyl (C=O) groups is 2. The summed E-state index contributed by atoms with van der Waals surface area (Å²) in [5, 5.41) is 2.08. The number of halogens is 1. The first-order chi connectivity index (χ1) is 4.13. The lowest BCUT2D eigenvalue weighted by Crippen LogP contribution is -2.25. The van der Waals surface area contributed by atoms with E-state index in [1.807, 2.05) is 0 Å². The Hall–Kier alpha value is -0.410. The molecule has 0 radical (unpaired) electrons. The predicted molar refractivity (Wildman–Crippen MR) is 34.4 cm³/mol. The zero-order valence-electron chi connectivity index (χ0n) is 5.11. The molecule has 0 saturated carbocycles. The molecule has 0 aliphatic rings. The van der Waals surface area contributed by atoms with Gasteiger partial charge in [0.1, 0.15) is 5.78 Å². The van der Waals surface area contributed by atoms with Crippen molar-refractivity contribution in [3.63, 3.8) is 0 Å². The first kappa shape index (κ1) is 8.59. The highest BCUT2D eigenvalue weighted by molar-refractivity contribution is 6.64. The molecule has 0 aliphatic carbocycles. The van der Waals surface area contributed by atoms with Crippen LogP contribution in [-0.4, -0.2) is 24.1 Å². The Labute approximate surface area is 58.4 Å². The van der Waals surface area contributed by atoms with Crippen LogP contribution in [0.15, 0.2) is 0 Å². The van der Waals surface area contributed by atoms with Gasteiger partial charge in [-0.1, -0.05) is 0 Å². The Kier molecular flexibility index (Phi) is 4.26. The van der Waals surface area contributed by atoms with E-state index in [1.54, 1.807) is 0 Å². The van der Waals surface area contributed by atoms with Gasteiger partial charge in [0.15, 0.2) is 0 Å². The van der Waals surface area contributed by atoms with Gasteiger partial charge >= 0.3 is 0 Å². The molecule has 0 aromatic heterocycles. The van der Waals surface area contributed by atoms with E-state index in [0.29, 0.717) is 0 Å². The van der Waals surface area contributed by atoms with Crippen LogP contribution in [0.3, 0.4) is 0 Å². The average molecular weight is 150 g/mol. The Morgan fingerprint density at radius 1 is 1.44 bits per heavy atom. The van der Waals surface area contributed by atoms with Crippen LogP contribution in [0.5, 0.6) is 0 Å². The van der Waals surface area contributed by atoms with Crippen molar-refractivity contribution in [3.05, 3.63) is 0 Å². The molecule has 52 valence electrons. The Morgan fingerprint density at radius 2 is 2.00 bits per heavy atom. The van der Waals surface area contributed by atoms with E-state index < -0.39 is 5.24 Å². The molecule has 0 heterocycles. The van der Waals surface area contributed by atoms with Crippen LogP contribution >= 0.6 is 11.6 Å². The van der Waals surface area contributed by atoms with E-state index >= 15 is 0 Å². The molecule has 0 unspecified atom stereocenters. The van der Waals surface area contributed by atoms with Crippen molar-refractivity contribution in [2.45, 2.75) is 6.92 Å². The summed E-state index contributed by atoms with van der Waals surface area (Å²) in [6, 6.07) is 0. The maximum atomic E-state index is 10.2. The monoisotopic (exact) mass is 149 g/mol. The lowest BCUT2D eigenvalue weighted by atomic mass is 10.4. The van der Waals surface area contributed by atoms with Gasteiger partial charge in [0.25, 0.3) is 0 Å². The van der Waals surface area contributed by atoms with E-state index in [0.717, 1.165) is 0 Å². The SMILES string of the molecule is CC(=O)CNCC(=O)Cl. The molecule has 0 rings (SSSR count). The highest BCUT2D eigenvalue weighted by Crippen LogP contribution is 1.74. The maximum absolute atomic E-state index is 10.2. The zero-order valence-corrected chi connectivity index (χ0v) is 5.86. The van der Waals surface area contributed by atoms with E-state index in [9.17, 15) is 9.59 Å². The van der Waals surface area contributed by atoms with E-state index in [4.69, 9.17) is 11.6 Å². The van der Waals surface area contributed by atoms with Gasteiger partial charge in [0, 0.05) is 0 Å². The molecule has 4 heteroatoms. The second-order valence-corrected chi connectivity index (χ2v) is 2.08. The van der Waals surface area contributed by atoms with E-state index in [-0.39, 0.29) is 18.9 Å². The van der Waals surface area contributed by atoms with E-state index in [2.05, 4.69) is 5.32 Å². The molecule has 0 aromatic carbocycles. The van der Waals surface area contributed by atoms with Gasteiger partial charge in [-0.05, 0) is 18.5 Å². The summed E-state index contributed by atoms with van der Waals surface area (Å²) in [7, 11) is 0. The molecule has 3 nitrogen and oxygen atoms in total. The van der Waals surface area contributed by atoms with E-state index in [1.165, 1.54) is 6.92 Å². The number of hydrogen-bond donors (Lipinski definition) is 1. The third kappa shape index (κ3) is 7.59. The van der Waals surface area contributed by atoms with Gasteiger partial charge in [-0.2, -0.15) is 0 Å². The van der Waals surface area contributed by atoms with Crippen molar-refractivity contribution in [1.82, 2.24) is 5.32 Å². The Balaban J connectivity index is 3.10. The van der Waals surface area contributed by atoms with Crippen LogP contribution < -0.4 is 5.32 Å². The quantitative estimate of drug-likeness (QED) is 0.570. The summed E-state index contributed by atoms with van der Waals surface area (Å²) < 4.78 is 0. The first-order valence-electron chi connectivity index (χ1n) is 2.51. The van der Waals surface area contributed by atoms with Crippen molar-refractivity contribution in [1.29, 1.82) is 0 Å². The van der Waals surface area contributed by atoms with Gasteiger partial charge in [0.05, 0.1) is 13.1 Å². The number of nitrogens with one attached hydrogen (secondary N) is 1. The van der Waals surface area contributed by atoms with Crippen LogP contribution in [0, 0.1) is 0 Å². The molecule has 0 aromatic rings. The number of ketones is 1. The predicted octanol–water partition coefficient (Wildman–Crippen LogP) is -0.0696. The van der Waals surface area contributed by atoms with Crippen LogP contribution in [0.25, 0.3) is 0 Å². The third-order valence-corrected chi connectivity index (χ3v) is 0.772. The molecule has 0 aliphatic heterocycles. The summed E-state index contributed by atoms with van der Waals surface area (Å²) >= 11 is 4.95. The summed E-state index contributed by atoms with van der Waals surface area (Å²) in [6.07, 6.45) is 0. The minimum absolute atomic E-state index is 0.00656. The highest BCUT2D eigenvalue weighted by atomic mass is 35.5. The molecular weight excluding hydrogens is 142 g/mol. The van der Waals surface area contributed by atoms with Gasteiger partial charge in [0.2, 0.25) is 5.24 Å². The summed E-state index contributed by atoms with van der Waals surface area (Å²) in [5.74, 6) is -0.00656. The smallest absolute Gasteiger partial charge is 0.235 e. The number of hydrogen-bond acceptors (Lipinski definition) is 3. The maximum Gasteiger partial charge on any atom is 0.235 e. The van der Waals surface area contributed by atoms with Crippen molar-refractivity contribution in [3.8, 4) is 0 Å². The van der Waals surface area contributed by atoms with Crippen LogP contribution in [-0.2, 0) is 9.59 Å². The first-order valence-corrected chi connectivity index (χ1v) is 2.89. The molecular formula is C5H8ClNO2. The second-order valence-electron chi connectivity index (χ2n) is 1.66. The summed E-state index contributed by atoms with van der Waals surface area (Å²) in [4.78, 5) is 20.2. The Morgan fingerprint density at radius 3 is 2.33 bits per heavy atom. The fourth-order valence-corrected chi connectivity index (χ4v) is 0.431. The number of rotatable bonds is 4. The van der Waals surface area contributed by atoms with Gasteiger partial charge in [-0.25, -0.2) is 0 Å². The summed E-state index contributed by atoms with van der Waals surface area (Å²) in [5.41, 5.74) is 0.